The zero-order valence-electron chi connectivity index (χ0n) is 9.58. The SMILES string of the molecule is C=CCC(F)(C(C)(C)F)C(F)(C=C)S(=O)(=O)O. The molecule has 0 aliphatic carbocycles. The van der Waals surface area contributed by atoms with Gasteiger partial charge >= 0.3 is 10.1 Å². The van der Waals surface area contributed by atoms with Gasteiger partial charge in [-0.05, 0) is 19.9 Å². The van der Waals surface area contributed by atoms with Gasteiger partial charge in [0.1, 0.15) is 5.67 Å². The molecule has 0 aromatic carbocycles. The van der Waals surface area contributed by atoms with Crippen LogP contribution in [0.3, 0.4) is 0 Å². The second kappa shape index (κ2) is 4.45. The van der Waals surface area contributed by atoms with Crippen molar-refractivity contribution in [1.82, 2.24) is 0 Å². The average molecular weight is 272 g/mol. The highest BCUT2D eigenvalue weighted by molar-refractivity contribution is 7.87. The molecule has 0 saturated carbocycles. The van der Waals surface area contributed by atoms with Gasteiger partial charge < -0.3 is 0 Å². The molecule has 2 atom stereocenters. The predicted octanol–water partition coefficient (Wildman–Crippen LogP) is 2.76. The highest BCUT2D eigenvalue weighted by Gasteiger charge is 2.67. The van der Waals surface area contributed by atoms with Crippen LogP contribution in [0.5, 0.6) is 0 Å². The minimum absolute atomic E-state index is 0.0349. The molecule has 0 amide bonds. The average Bonchev–Trinajstić information content (AvgIpc) is 2.13. The Morgan fingerprint density at radius 2 is 1.65 bits per heavy atom. The third kappa shape index (κ3) is 2.40. The van der Waals surface area contributed by atoms with Gasteiger partial charge in [0.2, 0.25) is 5.67 Å². The van der Waals surface area contributed by atoms with E-state index in [2.05, 4.69) is 13.2 Å². The Kier molecular flexibility index (Phi) is 4.24. The molecular formula is C10H15F3O3S. The maximum Gasteiger partial charge on any atom is 0.307 e. The molecule has 0 spiro atoms. The third-order valence-corrected chi connectivity index (χ3v) is 3.79. The van der Waals surface area contributed by atoms with Crippen molar-refractivity contribution in [3.05, 3.63) is 25.3 Å². The van der Waals surface area contributed by atoms with Crippen molar-refractivity contribution in [3.63, 3.8) is 0 Å². The van der Waals surface area contributed by atoms with Crippen LogP contribution in [0.2, 0.25) is 0 Å². The first kappa shape index (κ1) is 16.2. The second-order valence-electron chi connectivity index (χ2n) is 4.09. The van der Waals surface area contributed by atoms with Crippen LogP contribution in [0, 0.1) is 0 Å². The Hall–Kier alpha value is -0.820. The second-order valence-corrected chi connectivity index (χ2v) is 5.63. The van der Waals surface area contributed by atoms with Crippen LogP contribution in [-0.4, -0.2) is 29.3 Å². The van der Waals surface area contributed by atoms with Crippen LogP contribution >= 0.6 is 0 Å². The molecule has 0 aliphatic rings. The molecule has 0 radical (unpaired) electrons. The van der Waals surface area contributed by atoms with E-state index < -0.39 is 32.9 Å². The summed E-state index contributed by atoms with van der Waals surface area (Å²) in [6, 6.07) is 0. The first-order chi connectivity index (χ1) is 7.37. The summed E-state index contributed by atoms with van der Waals surface area (Å²) in [4.78, 5) is 0. The van der Waals surface area contributed by atoms with Gasteiger partial charge in [-0.1, -0.05) is 12.7 Å². The molecule has 0 fully saturated rings. The number of halogens is 3. The largest absolute Gasteiger partial charge is 0.307 e. The summed E-state index contributed by atoms with van der Waals surface area (Å²) in [6.45, 7) is 7.24. The van der Waals surface area contributed by atoms with Crippen molar-refractivity contribution in [2.75, 3.05) is 0 Å². The monoisotopic (exact) mass is 272 g/mol. The minimum Gasteiger partial charge on any atom is -0.283 e. The Balaban J connectivity index is 6.12. The summed E-state index contributed by atoms with van der Waals surface area (Å²) < 4.78 is 72.9. The molecule has 0 heterocycles. The molecule has 0 aliphatic heterocycles. The number of hydrogen-bond acceptors (Lipinski definition) is 2. The van der Waals surface area contributed by atoms with E-state index in [4.69, 9.17) is 4.55 Å². The van der Waals surface area contributed by atoms with Crippen LogP contribution in [-0.2, 0) is 10.1 Å². The maximum atomic E-state index is 14.4. The van der Waals surface area contributed by atoms with Crippen LogP contribution < -0.4 is 0 Å². The summed E-state index contributed by atoms with van der Waals surface area (Å²) in [5.41, 5.74) is -6.41. The fourth-order valence-electron chi connectivity index (χ4n) is 1.46. The number of allylic oxidation sites excluding steroid dienone is 1. The molecule has 0 aromatic rings. The lowest BCUT2D eigenvalue weighted by atomic mass is 9.81. The van der Waals surface area contributed by atoms with Crippen LogP contribution in [0.15, 0.2) is 25.3 Å². The van der Waals surface area contributed by atoms with Crippen molar-refractivity contribution < 1.29 is 26.1 Å². The van der Waals surface area contributed by atoms with E-state index in [9.17, 15) is 21.6 Å². The van der Waals surface area contributed by atoms with Crippen LogP contribution in [0.25, 0.3) is 0 Å². The molecule has 100 valence electrons. The highest BCUT2D eigenvalue weighted by Crippen LogP contribution is 2.47. The van der Waals surface area contributed by atoms with Gasteiger partial charge in [-0.2, -0.15) is 8.42 Å². The molecule has 0 bridgehead atoms. The first-order valence-corrected chi connectivity index (χ1v) is 6.09. The van der Waals surface area contributed by atoms with E-state index in [0.29, 0.717) is 13.8 Å². The Morgan fingerprint density at radius 3 is 1.82 bits per heavy atom. The molecule has 17 heavy (non-hydrogen) atoms. The lowest BCUT2D eigenvalue weighted by Crippen LogP contribution is -2.61. The summed E-state index contributed by atoms with van der Waals surface area (Å²) in [5.74, 6) is 0. The molecule has 0 aromatic heterocycles. The van der Waals surface area contributed by atoms with Gasteiger partial charge in [0.15, 0.2) is 0 Å². The zero-order valence-corrected chi connectivity index (χ0v) is 10.4. The molecule has 0 saturated heterocycles. The smallest absolute Gasteiger partial charge is 0.283 e. The zero-order chi connectivity index (χ0) is 14.1. The van der Waals surface area contributed by atoms with E-state index in [1.165, 1.54) is 0 Å². The first-order valence-electron chi connectivity index (χ1n) is 4.65. The molecule has 3 nitrogen and oxygen atoms in total. The lowest BCUT2D eigenvalue weighted by Gasteiger charge is -2.40. The van der Waals surface area contributed by atoms with Gasteiger partial charge in [0, 0.05) is 6.42 Å². The fraction of sp³-hybridized carbons (Fsp3) is 0.600. The van der Waals surface area contributed by atoms with Gasteiger partial charge in [-0.25, -0.2) is 13.2 Å². The van der Waals surface area contributed by atoms with Crippen molar-refractivity contribution in [2.24, 2.45) is 0 Å². The van der Waals surface area contributed by atoms with E-state index in [-0.39, 0.29) is 6.08 Å². The van der Waals surface area contributed by atoms with Gasteiger partial charge in [0.25, 0.3) is 5.00 Å². The van der Waals surface area contributed by atoms with Crippen molar-refractivity contribution in [2.45, 2.75) is 36.6 Å². The summed E-state index contributed by atoms with van der Waals surface area (Å²) in [7, 11) is -5.53. The van der Waals surface area contributed by atoms with Crippen molar-refractivity contribution in [1.29, 1.82) is 0 Å². The van der Waals surface area contributed by atoms with Crippen molar-refractivity contribution in [3.8, 4) is 0 Å². The number of hydrogen-bond donors (Lipinski definition) is 1. The quantitative estimate of drug-likeness (QED) is 0.597. The van der Waals surface area contributed by atoms with Gasteiger partial charge in [-0.15, -0.1) is 6.58 Å². The van der Waals surface area contributed by atoms with Gasteiger partial charge in [0.05, 0.1) is 0 Å². The summed E-state index contributed by atoms with van der Waals surface area (Å²) >= 11 is 0. The normalized spacial score (nSPS) is 20.1. The Bertz CT molecular complexity index is 413. The maximum absolute atomic E-state index is 14.4. The van der Waals surface area contributed by atoms with Crippen molar-refractivity contribution >= 4 is 10.1 Å². The number of rotatable bonds is 6. The standard InChI is InChI=1S/C10H15F3O3S/c1-5-7-9(12,8(3,4)11)10(13,6-2)17(14,15)16/h5-6H,1-2,7H2,3-4H3,(H,14,15,16). The molecule has 1 N–H and O–H groups in total. The third-order valence-electron chi connectivity index (χ3n) is 2.55. The predicted molar refractivity (Wildman–Crippen MR) is 59.4 cm³/mol. The highest BCUT2D eigenvalue weighted by atomic mass is 32.2. The Labute approximate surface area is 98.8 Å². The lowest BCUT2D eigenvalue weighted by molar-refractivity contribution is -0.0732. The topological polar surface area (TPSA) is 54.4 Å². The van der Waals surface area contributed by atoms with Crippen LogP contribution in [0.1, 0.15) is 20.3 Å². The molecule has 7 heteroatoms. The Morgan fingerprint density at radius 1 is 1.24 bits per heavy atom. The minimum atomic E-state index is -5.53. The number of alkyl halides is 3. The van der Waals surface area contributed by atoms with Crippen LogP contribution in [0.4, 0.5) is 13.2 Å². The fourth-order valence-corrected chi connectivity index (χ4v) is 2.40. The molecule has 0 rings (SSSR count). The van der Waals surface area contributed by atoms with E-state index in [1.807, 2.05) is 0 Å². The summed E-state index contributed by atoms with van der Waals surface area (Å²) in [6.07, 6.45) is -0.0870. The molecular weight excluding hydrogens is 257 g/mol. The van der Waals surface area contributed by atoms with Gasteiger partial charge in [-0.3, -0.25) is 4.55 Å². The van der Waals surface area contributed by atoms with E-state index in [1.54, 1.807) is 0 Å². The van der Waals surface area contributed by atoms with E-state index >= 15 is 0 Å². The summed E-state index contributed by atoms with van der Waals surface area (Å²) in [5, 5.41) is -3.95. The molecule has 2 unspecified atom stereocenters. The van der Waals surface area contributed by atoms with E-state index in [0.717, 1.165) is 6.08 Å².